The van der Waals surface area contributed by atoms with Crippen molar-refractivity contribution in [2.75, 3.05) is 36.9 Å². The standard InChI is InChI=1S/C24H30N8O2S/c1-2-21(33)27-17-6-3-4-7-18(17)28-23-26-16(15-32-10-12-34-13-11-32)14-20(30-23)31-24-29-19-8-5-9-25-22(19)35-24/h2,5,8-9,14,17-18H,1,3-4,6-7,10-13,15H2,(H,27,33)(H2,26,28,29,30,31). The van der Waals surface area contributed by atoms with Crippen molar-refractivity contribution in [3.63, 3.8) is 0 Å². The number of carbonyl (C=O) groups excluding carboxylic acids is 1. The average molecular weight is 495 g/mol. The Morgan fingerprint density at radius 2 is 2.03 bits per heavy atom. The number of aromatic nitrogens is 4. The van der Waals surface area contributed by atoms with E-state index in [0.29, 0.717) is 18.3 Å². The largest absolute Gasteiger partial charge is 0.379 e. The van der Waals surface area contributed by atoms with Gasteiger partial charge in [0.2, 0.25) is 11.9 Å². The highest BCUT2D eigenvalue weighted by Gasteiger charge is 2.27. The van der Waals surface area contributed by atoms with Gasteiger partial charge in [0.15, 0.2) is 5.13 Å². The Labute approximate surface area is 208 Å². The predicted octanol–water partition coefficient (Wildman–Crippen LogP) is 3.08. The van der Waals surface area contributed by atoms with Crippen LogP contribution in [0.2, 0.25) is 0 Å². The van der Waals surface area contributed by atoms with Gasteiger partial charge in [-0.25, -0.2) is 15.0 Å². The summed E-state index contributed by atoms with van der Waals surface area (Å²) in [6, 6.07) is 5.85. The molecule has 3 aromatic rings. The lowest BCUT2D eigenvalue weighted by Gasteiger charge is -2.32. The molecule has 3 aromatic heterocycles. The third-order valence-electron chi connectivity index (χ3n) is 6.26. The first-order valence-corrected chi connectivity index (χ1v) is 12.8. The third-order valence-corrected chi connectivity index (χ3v) is 7.16. The lowest BCUT2D eigenvalue weighted by atomic mass is 9.90. The fourth-order valence-electron chi connectivity index (χ4n) is 4.51. The number of anilines is 3. The number of fused-ring (bicyclic) bond motifs is 1. The number of nitrogens with zero attached hydrogens (tertiary/aromatic N) is 5. The van der Waals surface area contributed by atoms with E-state index in [1.165, 1.54) is 17.4 Å². The first-order valence-electron chi connectivity index (χ1n) is 12.0. The van der Waals surface area contributed by atoms with Crippen molar-refractivity contribution >= 4 is 44.5 Å². The number of amides is 1. The maximum Gasteiger partial charge on any atom is 0.243 e. The van der Waals surface area contributed by atoms with Crippen LogP contribution in [0.1, 0.15) is 31.4 Å². The minimum absolute atomic E-state index is 0.00694. The molecule has 1 aliphatic heterocycles. The van der Waals surface area contributed by atoms with Crippen LogP contribution in [-0.2, 0) is 16.1 Å². The van der Waals surface area contributed by atoms with Gasteiger partial charge in [-0.2, -0.15) is 4.98 Å². The van der Waals surface area contributed by atoms with Crippen LogP contribution in [0.3, 0.4) is 0 Å². The Balaban J connectivity index is 1.39. The molecule has 1 saturated heterocycles. The summed E-state index contributed by atoms with van der Waals surface area (Å²) in [5, 5.41) is 10.6. The highest BCUT2D eigenvalue weighted by Crippen LogP contribution is 2.27. The number of ether oxygens (including phenoxy) is 1. The van der Waals surface area contributed by atoms with Gasteiger partial charge >= 0.3 is 0 Å². The fourth-order valence-corrected chi connectivity index (χ4v) is 5.33. The molecule has 10 nitrogen and oxygen atoms in total. The Bertz CT molecular complexity index is 1150. The molecule has 5 rings (SSSR count). The zero-order valence-corrected chi connectivity index (χ0v) is 20.4. The minimum atomic E-state index is -0.155. The normalized spacial score (nSPS) is 20.9. The molecule has 0 aromatic carbocycles. The fraction of sp³-hybridized carbons (Fsp3) is 0.458. The molecule has 0 bridgehead atoms. The van der Waals surface area contributed by atoms with Crippen molar-refractivity contribution in [1.29, 1.82) is 0 Å². The Hall–Kier alpha value is -3.15. The second-order valence-electron chi connectivity index (χ2n) is 8.78. The van der Waals surface area contributed by atoms with Gasteiger partial charge in [-0.3, -0.25) is 9.69 Å². The van der Waals surface area contributed by atoms with Crippen LogP contribution in [0.25, 0.3) is 10.3 Å². The third kappa shape index (κ3) is 6.11. The molecule has 11 heteroatoms. The van der Waals surface area contributed by atoms with E-state index in [9.17, 15) is 4.79 Å². The molecule has 2 fully saturated rings. The molecule has 2 aliphatic rings. The second-order valence-corrected chi connectivity index (χ2v) is 9.76. The van der Waals surface area contributed by atoms with Gasteiger partial charge in [0.25, 0.3) is 0 Å². The molecule has 1 amide bonds. The number of pyridine rings is 1. The zero-order chi connectivity index (χ0) is 24.0. The SMILES string of the molecule is C=CC(=O)NC1CCCCC1Nc1nc(CN2CCOCC2)cc(Nc2nc3cccnc3s2)n1. The van der Waals surface area contributed by atoms with E-state index in [0.717, 1.165) is 73.2 Å². The first kappa shape index (κ1) is 23.6. The van der Waals surface area contributed by atoms with E-state index in [1.807, 2.05) is 18.2 Å². The van der Waals surface area contributed by atoms with E-state index in [4.69, 9.17) is 14.7 Å². The number of rotatable bonds is 8. The van der Waals surface area contributed by atoms with Gasteiger partial charge in [-0.15, -0.1) is 0 Å². The zero-order valence-electron chi connectivity index (χ0n) is 19.6. The minimum Gasteiger partial charge on any atom is -0.379 e. The maximum atomic E-state index is 12.0. The van der Waals surface area contributed by atoms with Crippen LogP contribution >= 0.6 is 11.3 Å². The number of hydrogen-bond donors (Lipinski definition) is 3. The molecule has 2 unspecified atom stereocenters. The average Bonchev–Trinajstić information content (AvgIpc) is 3.28. The Morgan fingerprint density at radius 3 is 2.83 bits per heavy atom. The van der Waals surface area contributed by atoms with E-state index < -0.39 is 0 Å². The van der Waals surface area contributed by atoms with Gasteiger partial charge in [0.05, 0.1) is 18.9 Å². The Kier molecular flexibility index (Phi) is 7.45. The van der Waals surface area contributed by atoms with Crippen molar-refractivity contribution in [3.05, 3.63) is 42.7 Å². The van der Waals surface area contributed by atoms with Crippen molar-refractivity contribution < 1.29 is 9.53 Å². The molecule has 184 valence electrons. The summed E-state index contributed by atoms with van der Waals surface area (Å²) in [5.41, 5.74) is 1.76. The second kappa shape index (κ2) is 11.1. The van der Waals surface area contributed by atoms with Gasteiger partial charge in [-0.1, -0.05) is 30.8 Å². The molecule has 1 aliphatic carbocycles. The molecule has 0 radical (unpaired) electrons. The number of carbonyl (C=O) groups is 1. The summed E-state index contributed by atoms with van der Waals surface area (Å²) in [5.74, 6) is 1.06. The molecule has 2 atom stereocenters. The van der Waals surface area contributed by atoms with Crippen molar-refractivity contribution in [2.24, 2.45) is 0 Å². The van der Waals surface area contributed by atoms with E-state index in [-0.39, 0.29) is 18.0 Å². The molecule has 35 heavy (non-hydrogen) atoms. The summed E-state index contributed by atoms with van der Waals surface area (Å²) in [6.45, 7) is 7.49. The summed E-state index contributed by atoms with van der Waals surface area (Å²) >= 11 is 1.49. The first-order chi connectivity index (χ1) is 17.2. The van der Waals surface area contributed by atoms with Crippen molar-refractivity contribution in [3.8, 4) is 0 Å². The van der Waals surface area contributed by atoms with Gasteiger partial charge in [0.1, 0.15) is 16.2 Å². The van der Waals surface area contributed by atoms with E-state index >= 15 is 0 Å². The van der Waals surface area contributed by atoms with Crippen LogP contribution in [0.5, 0.6) is 0 Å². The predicted molar refractivity (Wildman–Crippen MR) is 137 cm³/mol. The van der Waals surface area contributed by atoms with Crippen LogP contribution in [0.15, 0.2) is 37.1 Å². The van der Waals surface area contributed by atoms with Crippen LogP contribution < -0.4 is 16.0 Å². The van der Waals surface area contributed by atoms with Crippen LogP contribution in [0.4, 0.5) is 16.9 Å². The van der Waals surface area contributed by atoms with Gasteiger partial charge in [0, 0.05) is 44.0 Å². The van der Waals surface area contributed by atoms with Crippen LogP contribution in [-0.4, -0.2) is 69.1 Å². The van der Waals surface area contributed by atoms with E-state index in [1.54, 1.807) is 6.20 Å². The summed E-state index contributed by atoms with van der Waals surface area (Å²) < 4.78 is 5.49. The number of hydrogen-bond acceptors (Lipinski definition) is 10. The maximum absolute atomic E-state index is 12.0. The highest BCUT2D eigenvalue weighted by atomic mass is 32.1. The molecular formula is C24H30N8O2S. The molecule has 1 saturated carbocycles. The molecule has 4 heterocycles. The summed E-state index contributed by atoms with van der Waals surface area (Å²) in [7, 11) is 0. The van der Waals surface area contributed by atoms with E-state index in [2.05, 4.69) is 37.4 Å². The summed E-state index contributed by atoms with van der Waals surface area (Å²) in [4.78, 5) is 33.8. The smallest absolute Gasteiger partial charge is 0.243 e. The van der Waals surface area contributed by atoms with Crippen LogP contribution in [0, 0.1) is 0 Å². The molecule has 0 spiro atoms. The van der Waals surface area contributed by atoms with Gasteiger partial charge < -0.3 is 20.7 Å². The Morgan fingerprint density at radius 1 is 1.20 bits per heavy atom. The van der Waals surface area contributed by atoms with Crippen molar-refractivity contribution in [1.82, 2.24) is 30.2 Å². The quantitative estimate of drug-likeness (QED) is 0.406. The lowest BCUT2D eigenvalue weighted by molar-refractivity contribution is -0.117. The van der Waals surface area contributed by atoms with Crippen molar-refractivity contribution in [2.45, 2.75) is 44.3 Å². The highest BCUT2D eigenvalue weighted by molar-refractivity contribution is 7.21. The summed E-state index contributed by atoms with van der Waals surface area (Å²) in [6.07, 6.45) is 7.11. The monoisotopic (exact) mass is 494 g/mol. The lowest BCUT2D eigenvalue weighted by Crippen LogP contribution is -2.48. The van der Waals surface area contributed by atoms with Gasteiger partial charge in [-0.05, 0) is 31.1 Å². The number of thiazole rings is 1. The number of nitrogens with one attached hydrogen (secondary N) is 3. The molecular weight excluding hydrogens is 464 g/mol. The number of morpholine rings is 1. The topological polar surface area (TPSA) is 117 Å². The molecule has 3 N–H and O–H groups in total.